The third kappa shape index (κ3) is 9.49. The SMILES string of the molecule is CCOc1nc2ccccc2c(OCC)c1C(N)=O.O=C(O)C(F)(F)F.O=C(O)C(F)(F)F. The molecule has 1 heterocycles. The lowest BCUT2D eigenvalue weighted by atomic mass is 10.1. The number of primary amides is 1. The average Bonchev–Trinajstić information content (AvgIpc) is 2.67. The van der Waals surface area contributed by atoms with Gasteiger partial charge >= 0.3 is 24.3 Å². The number of aromatic nitrogens is 1. The van der Waals surface area contributed by atoms with Crippen LogP contribution in [0.1, 0.15) is 24.2 Å². The lowest BCUT2D eigenvalue weighted by Crippen LogP contribution is -2.21. The summed E-state index contributed by atoms with van der Waals surface area (Å²) < 4.78 is 74.5. The van der Waals surface area contributed by atoms with E-state index in [4.69, 9.17) is 35.0 Å². The molecule has 0 fully saturated rings. The molecular formula is C18H18F6N2O7. The number of fused-ring (bicyclic) bond motifs is 1. The molecule has 1 aromatic heterocycles. The molecule has 9 nitrogen and oxygen atoms in total. The Bertz CT molecular complexity index is 953. The van der Waals surface area contributed by atoms with Crippen LogP contribution in [-0.2, 0) is 9.59 Å². The van der Waals surface area contributed by atoms with Gasteiger partial charge in [0.25, 0.3) is 5.91 Å². The van der Waals surface area contributed by atoms with Crippen LogP contribution in [0.15, 0.2) is 24.3 Å². The smallest absolute Gasteiger partial charge is 0.490 e. The number of carbonyl (C=O) groups excluding carboxylic acids is 1. The number of rotatable bonds is 5. The van der Waals surface area contributed by atoms with E-state index in [-0.39, 0.29) is 11.4 Å². The summed E-state index contributed by atoms with van der Waals surface area (Å²) in [5, 5.41) is 15.0. The molecule has 0 radical (unpaired) electrons. The van der Waals surface area contributed by atoms with Crippen molar-refractivity contribution >= 4 is 28.7 Å². The van der Waals surface area contributed by atoms with Crippen LogP contribution in [0.3, 0.4) is 0 Å². The summed E-state index contributed by atoms with van der Waals surface area (Å²) in [4.78, 5) is 33.8. The number of carboxylic acid groups (broad SMARTS) is 2. The summed E-state index contributed by atoms with van der Waals surface area (Å²) in [6.45, 7) is 4.50. The molecule has 0 unspecified atom stereocenters. The summed E-state index contributed by atoms with van der Waals surface area (Å²) in [5.41, 5.74) is 6.33. The van der Waals surface area contributed by atoms with Crippen LogP contribution in [0.4, 0.5) is 26.3 Å². The quantitative estimate of drug-likeness (QED) is 0.543. The Morgan fingerprint density at radius 3 is 1.70 bits per heavy atom. The molecule has 0 aliphatic carbocycles. The Hall–Kier alpha value is -3.78. The molecule has 0 saturated carbocycles. The van der Waals surface area contributed by atoms with Gasteiger partial charge in [0, 0.05) is 5.39 Å². The topological polar surface area (TPSA) is 149 Å². The summed E-state index contributed by atoms with van der Waals surface area (Å²) >= 11 is 0. The minimum absolute atomic E-state index is 0.197. The number of ether oxygens (including phenoxy) is 2. The fraction of sp³-hybridized carbons (Fsp3) is 0.333. The largest absolute Gasteiger partial charge is 0.492 e. The number of pyridine rings is 1. The van der Waals surface area contributed by atoms with E-state index in [2.05, 4.69) is 4.98 Å². The van der Waals surface area contributed by atoms with Crippen LogP contribution < -0.4 is 15.2 Å². The number of benzene rings is 1. The van der Waals surface area contributed by atoms with Crippen molar-refractivity contribution in [1.29, 1.82) is 0 Å². The molecule has 0 saturated heterocycles. The summed E-state index contributed by atoms with van der Waals surface area (Å²) in [7, 11) is 0. The molecule has 0 bridgehead atoms. The molecule has 2 rings (SSSR count). The second-order valence-corrected chi connectivity index (χ2v) is 5.47. The van der Waals surface area contributed by atoms with Gasteiger partial charge in [-0.3, -0.25) is 4.79 Å². The molecule has 1 aromatic carbocycles. The van der Waals surface area contributed by atoms with Crippen molar-refractivity contribution in [3.8, 4) is 11.6 Å². The third-order valence-corrected chi connectivity index (χ3v) is 3.11. The zero-order valence-electron chi connectivity index (χ0n) is 17.0. The first-order valence-corrected chi connectivity index (χ1v) is 8.66. The van der Waals surface area contributed by atoms with Gasteiger partial charge in [-0.05, 0) is 26.0 Å². The molecule has 0 spiro atoms. The number of alkyl halides is 6. The van der Waals surface area contributed by atoms with Gasteiger partial charge in [-0.25, -0.2) is 14.6 Å². The highest BCUT2D eigenvalue weighted by Gasteiger charge is 2.38. The molecule has 0 aliphatic heterocycles. The first-order valence-electron chi connectivity index (χ1n) is 8.66. The lowest BCUT2D eigenvalue weighted by molar-refractivity contribution is -0.193. The zero-order valence-corrected chi connectivity index (χ0v) is 17.0. The molecule has 2 aromatic rings. The molecule has 0 atom stereocenters. The number of carboxylic acids is 2. The highest BCUT2D eigenvalue weighted by atomic mass is 19.4. The van der Waals surface area contributed by atoms with Crippen molar-refractivity contribution in [2.24, 2.45) is 5.73 Å². The highest BCUT2D eigenvalue weighted by molar-refractivity contribution is 6.04. The highest BCUT2D eigenvalue weighted by Crippen LogP contribution is 2.34. The van der Waals surface area contributed by atoms with Gasteiger partial charge in [0.2, 0.25) is 5.88 Å². The van der Waals surface area contributed by atoms with E-state index in [1.54, 1.807) is 0 Å². The Labute approximate surface area is 181 Å². The molecule has 33 heavy (non-hydrogen) atoms. The Kier molecular flexibility index (Phi) is 10.9. The fourth-order valence-electron chi connectivity index (χ4n) is 1.91. The number of nitrogens with zero attached hydrogens (tertiary/aromatic N) is 1. The number of para-hydroxylation sites is 1. The second kappa shape index (κ2) is 12.3. The monoisotopic (exact) mass is 488 g/mol. The zero-order chi connectivity index (χ0) is 26.0. The predicted molar refractivity (Wildman–Crippen MR) is 100.0 cm³/mol. The van der Waals surface area contributed by atoms with Crippen molar-refractivity contribution in [3.05, 3.63) is 29.8 Å². The van der Waals surface area contributed by atoms with Crippen molar-refractivity contribution in [2.75, 3.05) is 13.2 Å². The third-order valence-electron chi connectivity index (χ3n) is 3.11. The van der Waals surface area contributed by atoms with Crippen LogP contribution in [-0.4, -0.2) is 58.6 Å². The maximum Gasteiger partial charge on any atom is 0.490 e. The van der Waals surface area contributed by atoms with Crippen LogP contribution in [0, 0.1) is 0 Å². The van der Waals surface area contributed by atoms with Gasteiger partial charge in [-0.2, -0.15) is 26.3 Å². The fourth-order valence-corrected chi connectivity index (χ4v) is 1.91. The summed E-state index contributed by atoms with van der Waals surface area (Å²) in [6.07, 6.45) is -10.2. The first kappa shape index (κ1) is 29.2. The van der Waals surface area contributed by atoms with Crippen molar-refractivity contribution in [1.82, 2.24) is 4.98 Å². The van der Waals surface area contributed by atoms with E-state index in [0.29, 0.717) is 24.5 Å². The van der Waals surface area contributed by atoms with E-state index >= 15 is 0 Å². The maximum absolute atomic E-state index is 11.7. The van der Waals surface area contributed by atoms with Crippen LogP contribution in [0.2, 0.25) is 0 Å². The number of amides is 1. The molecular weight excluding hydrogens is 470 g/mol. The van der Waals surface area contributed by atoms with E-state index in [1.165, 1.54) is 0 Å². The predicted octanol–water partition coefficient (Wildman–Crippen LogP) is 3.40. The van der Waals surface area contributed by atoms with E-state index in [0.717, 1.165) is 5.39 Å². The van der Waals surface area contributed by atoms with Crippen molar-refractivity contribution in [3.63, 3.8) is 0 Å². The molecule has 15 heteroatoms. The Morgan fingerprint density at radius 1 is 0.909 bits per heavy atom. The van der Waals surface area contributed by atoms with Crippen molar-refractivity contribution < 1.29 is 60.4 Å². The van der Waals surface area contributed by atoms with Gasteiger partial charge in [0.15, 0.2) is 0 Å². The van der Waals surface area contributed by atoms with Crippen LogP contribution in [0.5, 0.6) is 11.6 Å². The van der Waals surface area contributed by atoms with Gasteiger partial charge in [-0.15, -0.1) is 0 Å². The molecule has 184 valence electrons. The standard InChI is InChI=1S/C14H16N2O3.2C2HF3O2/c1-3-18-12-9-7-5-6-8-10(9)16-14(19-4-2)11(12)13(15)17;2*3-2(4,5)1(6)7/h5-8H,3-4H2,1-2H3,(H2,15,17);2*(H,6,7). The number of aliphatic carboxylic acids is 2. The van der Waals surface area contributed by atoms with Gasteiger partial charge in [0.1, 0.15) is 11.3 Å². The van der Waals surface area contributed by atoms with E-state index < -0.39 is 30.2 Å². The normalized spacial score (nSPS) is 10.8. The van der Waals surface area contributed by atoms with Gasteiger partial charge in [0.05, 0.1) is 18.7 Å². The number of carbonyl (C=O) groups is 3. The minimum atomic E-state index is -5.08. The number of nitrogens with two attached hydrogens (primary N) is 1. The lowest BCUT2D eigenvalue weighted by Gasteiger charge is -2.14. The van der Waals surface area contributed by atoms with Gasteiger partial charge < -0.3 is 25.4 Å². The second-order valence-electron chi connectivity index (χ2n) is 5.47. The van der Waals surface area contributed by atoms with Crippen LogP contribution >= 0.6 is 0 Å². The average molecular weight is 488 g/mol. The molecule has 0 aliphatic rings. The Balaban J connectivity index is 0.000000605. The summed E-state index contributed by atoms with van der Waals surface area (Å²) in [6, 6.07) is 7.41. The molecule has 4 N–H and O–H groups in total. The first-order chi connectivity index (χ1) is 15.1. The van der Waals surface area contributed by atoms with E-state index in [1.807, 2.05) is 38.1 Å². The van der Waals surface area contributed by atoms with Gasteiger partial charge in [-0.1, -0.05) is 12.1 Å². The maximum atomic E-state index is 11.7. The van der Waals surface area contributed by atoms with Crippen molar-refractivity contribution in [2.45, 2.75) is 26.2 Å². The Morgan fingerprint density at radius 2 is 1.33 bits per heavy atom. The number of halogens is 6. The summed E-state index contributed by atoms with van der Waals surface area (Å²) in [5.74, 6) is -5.47. The van der Waals surface area contributed by atoms with E-state index in [9.17, 15) is 31.1 Å². The van der Waals surface area contributed by atoms with Crippen LogP contribution in [0.25, 0.3) is 10.9 Å². The minimum Gasteiger partial charge on any atom is -0.492 e. The number of hydrogen-bond donors (Lipinski definition) is 3. The molecule has 1 amide bonds. The number of hydrogen-bond acceptors (Lipinski definition) is 6.